The van der Waals surface area contributed by atoms with Crippen LogP contribution < -0.4 is 11.1 Å². The number of amides is 1. The van der Waals surface area contributed by atoms with Crippen molar-refractivity contribution in [2.45, 2.75) is 38.3 Å². The zero-order valence-corrected chi connectivity index (χ0v) is 12.0. The lowest BCUT2D eigenvalue weighted by molar-refractivity contribution is -0.130. The molecule has 1 rings (SSSR count). The fourth-order valence-electron chi connectivity index (χ4n) is 2.35. The van der Waals surface area contributed by atoms with Gasteiger partial charge in [-0.2, -0.15) is 0 Å². The van der Waals surface area contributed by atoms with Crippen LogP contribution >= 0.6 is 0 Å². The second kappa shape index (κ2) is 6.50. The molecular formula is C13H27N3O2. The van der Waals surface area contributed by atoms with Gasteiger partial charge in [-0.15, -0.1) is 0 Å². The van der Waals surface area contributed by atoms with Crippen molar-refractivity contribution in [3.8, 4) is 0 Å². The first-order valence-corrected chi connectivity index (χ1v) is 6.68. The van der Waals surface area contributed by atoms with Crippen molar-refractivity contribution >= 4 is 5.91 Å². The minimum atomic E-state index is -0.744. The second-order valence-electron chi connectivity index (χ2n) is 5.75. The maximum Gasteiger partial charge on any atom is 0.240 e. The number of nitrogens with one attached hydrogen (secondary N) is 1. The van der Waals surface area contributed by atoms with Gasteiger partial charge < -0.3 is 20.7 Å². The topological polar surface area (TPSA) is 67.6 Å². The van der Waals surface area contributed by atoms with Gasteiger partial charge in [-0.1, -0.05) is 13.8 Å². The number of likely N-dealkylation sites (N-methyl/N-ethyl adjacent to an activating group) is 1. The summed E-state index contributed by atoms with van der Waals surface area (Å²) < 4.78 is 5.25. The Morgan fingerprint density at radius 3 is 2.39 bits per heavy atom. The maximum absolute atomic E-state index is 12.2. The molecule has 0 aromatic heterocycles. The van der Waals surface area contributed by atoms with Gasteiger partial charge in [-0.05, 0) is 32.9 Å². The lowest BCUT2D eigenvalue weighted by Gasteiger charge is -2.34. The molecule has 18 heavy (non-hydrogen) atoms. The normalized spacial score (nSPS) is 21.1. The molecule has 1 unspecified atom stereocenters. The van der Waals surface area contributed by atoms with Crippen LogP contribution in [0, 0.1) is 5.92 Å². The van der Waals surface area contributed by atoms with Gasteiger partial charge in [-0.3, -0.25) is 4.79 Å². The van der Waals surface area contributed by atoms with Crippen molar-refractivity contribution in [2.24, 2.45) is 11.7 Å². The Balaban J connectivity index is 2.48. The minimum absolute atomic E-state index is 0.0432. The molecule has 0 bridgehead atoms. The van der Waals surface area contributed by atoms with Crippen LogP contribution in [-0.2, 0) is 9.53 Å². The summed E-state index contributed by atoms with van der Waals surface area (Å²) >= 11 is 0. The quantitative estimate of drug-likeness (QED) is 0.738. The summed E-state index contributed by atoms with van der Waals surface area (Å²) in [7, 11) is 4.06. The molecule has 0 aromatic rings. The molecule has 106 valence electrons. The molecule has 5 nitrogen and oxygen atoms in total. The molecule has 1 aliphatic rings. The highest BCUT2D eigenvalue weighted by Gasteiger charge is 2.36. The Labute approximate surface area is 110 Å². The number of nitrogens with two attached hydrogens (primary N) is 1. The predicted molar refractivity (Wildman–Crippen MR) is 72.3 cm³/mol. The average molecular weight is 257 g/mol. The highest BCUT2D eigenvalue weighted by Crippen LogP contribution is 2.18. The third-order valence-electron chi connectivity index (χ3n) is 3.74. The molecule has 3 N–H and O–H groups in total. The third kappa shape index (κ3) is 3.93. The van der Waals surface area contributed by atoms with Gasteiger partial charge in [0.15, 0.2) is 0 Å². The van der Waals surface area contributed by atoms with Gasteiger partial charge in [0.2, 0.25) is 5.91 Å². The van der Waals surface area contributed by atoms with E-state index in [2.05, 4.69) is 24.1 Å². The number of rotatable bonds is 5. The zero-order chi connectivity index (χ0) is 13.8. The van der Waals surface area contributed by atoms with Crippen LogP contribution in [0.4, 0.5) is 0 Å². The molecule has 1 fully saturated rings. The zero-order valence-electron chi connectivity index (χ0n) is 12.0. The largest absolute Gasteiger partial charge is 0.381 e. The Morgan fingerprint density at radius 2 is 1.94 bits per heavy atom. The fourth-order valence-corrected chi connectivity index (χ4v) is 2.35. The first-order valence-electron chi connectivity index (χ1n) is 6.68. The number of hydrogen-bond acceptors (Lipinski definition) is 4. The van der Waals surface area contributed by atoms with Crippen molar-refractivity contribution < 1.29 is 9.53 Å². The van der Waals surface area contributed by atoms with Gasteiger partial charge in [0, 0.05) is 25.8 Å². The molecule has 1 amide bonds. The van der Waals surface area contributed by atoms with Crippen LogP contribution in [0.1, 0.15) is 26.7 Å². The van der Waals surface area contributed by atoms with E-state index in [0.717, 1.165) is 0 Å². The second-order valence-corrected chi connectivity index (χ2v) is 5.75. The van der Waals surface area contributed by atoms with Gasteiger partial charge in [-0.25, -0.2) is 0 Å². The monoisotopic (exact) mass is 257 g/mol. The summed E-state index contributed by atoms with van der Waals surface area (Å²) in [6.07, 6.45) is 1.21. The molecule has 0 saturated carbocycles. The molecule has 1 aliphatic heterocycles. The molecular weight excluding hydrogens is 230 g/mol. The van der Waals surface area contributed by atoms with E-state index in [0.29, 0.717) is 44.6 Å². The van der Waals surface area contributed by atoms with Crippen molar-refractivity contribution in [2.75, 3.05) is 33.9 Å². The Kier molecular flexibility index (Phi) is 5.56. The molecule has 0 aliphatic carbocycles. The van der Waals surface area contributed by atoms with Crippen LogP contribution in [-0.4, -0.2) is 56.2 Å². The fraction of sp³-hybridized carbons (Fsp3) is 0.923. The summed E-state index contributed by atoms with van der Waals surface area (Å²) in [5.41, 5.74) is 5.39. The summed E-state index contributed by atoms with van der Waals surface area (Å²) in [5.74, 6) is 0.446. The Bertz CT molecular complexity index is 265. The van der Waals surface area contributed by atoms with Crippen LogP contribution in [0.25, 0.3) is 0 Å². The van der Waals surface area contributed by atoms with E-state index in [1.165, 1.54) is 0 Å². The first kappa shape index (κ1) is 15.4. The maximum atomic E-state index is 12.2. The van der Waals surface area contributed by atoms with E-state index in [4.69, 9.17) is 10.5 Å². The van der Waals surface area contributed by atoms with Crippen molar-refractivity contribution in [1.82, 2.24) is 10.2 Å². The minimum Gasteiger partial charge on any atom is -0.381 e. The van der Waals surface area contributed by atoms with Crippen molar-refractivity contribution in [3.63, 3.8) is 0 Å². The summed E-state index contributed by atoms with van der Waals surface area (Å²) in [4.78, 5) is 14.3. The number of ether oxygens (including phenoxy) is 1. The first-order chi connectivity index (χ1) is 8.37. The van der Waals surface area contributed by atoms with Gasteiger partial charge in [0.05, 0.1) is 5.54 Å². The van der Waals surface area contributed by atoms with Crippen LogP contribution in [0.2, 0.25) is 0 Å². The van der Waals surface area contributed by atoms with E-state index < -0.39 is 5.54 Å². The summed E-state index contributed by atoms with van der Waals surface area (Å²) in [5, 5.41) is 2.99. The van der Waals surface area contributed by atoms with Crippen LogP contribution in [0.15, 0.2) is 0 Å². The van der Waals surface area contributed by atoms with Gasteiger partial charge >= 0.3 is 0 Å². The average Bonchev–Trinajstić information content (AvgIpc) is 2.29. The van der Waals surface area contributed by atoms with E-state index in [1.54, 1.807) is 0 Å². The number of hydrogen-bond donors (Lipinski definition) is 2. The summed E-state index contributed by atoms with van der Waals surface area (Å²) in [6, 6.07) is 0.331. The molecule has 0 spiro atoms. The lowest BCUT2D eigenvalue weighted by atomic mass is 9.90. The standard InChI is InChI=1S/C13H27N3O2/c1-10(2)11(16(3)4)9-15-12(17)13(14)5-7-18-8-6-13/h10-11H,5-9,14H2,1-4H3,(H,15,17). The number of carbonyl (C=O) groups is 1. The predicted octanol–water partition coefficient (Wildman–Crippen LogP) is 0.197. The highest BCUT2D eigenvalue weighted by atomic mass is 16.5. The SMILES string of the molecule is CC(C)C(CNC(=O)C1(N)CCOCC1)N(C)C. The lowest BCUT2D eigenvalue weighted by Crippen LogP contribution is -2.58. The van der Waals surface area contributed by atoms with Gasteiger partial charge in [0.25, 0.3) is 0 Å². The van der Waals surface area contributed by atoms with E-state index >= 15 is 0 Å². The molecule has 0 aromatic carbocycles. The van der Waals surface area contributed by atoms with E-state index in [1.807, 2.05) is 14.1 Å². The van der Waals surface area contributed by atoms with E-state index in [-0.39, 0.29) is 5.91 Å². The van der Waals surface area contributed by atoms with Crippen molar-refractivity contribution in [3.05, 3.63) is 0 Å². The third-order valence-corrected chi connectivity index (χ3v) is 3.74. The number of carbonyl (C=O) groups excluding carboxylic acids is 1. The van der Waals surface area contributed by atoms with Gasteiger partial charge in [0.1, 0.15) is 0 Å². The van der Waals surface area contributed by atoms with E-state index in [9.17, 15) is 4.79 Å². The molecule has 1 heterocycles. The Hall–Kier alpha value is -0.650. The summed E-state index contributed by atoms with van der Waals surface area (Å²) in [6.45, 7) is 6.10. The Morgan fingerprint density at radius 1 is 1.39 bits per heavy atom. The number of nitrogens with zero attached hydrogens (tertiary/aromatic N) is 1. The van der Waals surface area contributed by atoms with Crippen LogP contribution in [0.5, 0.6) is 0 Å². The molecule has 1 saturated heterocycles. The smallest absolute Gasteiger partial charge is 0.240 e. The molecule has 0 radical (unpaired) electrons. The van der Waals surface area contributed by atoms with Crippen LogP contribution in [0.3, 0.4) is 0 Å². The molecule has 5 heteroatoms. The highest BCUT2D eigenvalue weighted by molar-refractivity contribution is 5.86. The molecule has 1 atom stereocenters. The van der Waals surface area contributed by atoms with Crippen molar-refractivity contribution in [1.29, 1.82) is 0 Å².